The van der Waals surface area contributed by atoms with Crippen LogP contribution in [0.15, 0.2) is 22.8 Å². The number of hydrogen-bond donors (Lipinski definition) is 0. The van der Waals surface area contributed by atoms with Gasteiger partial charge in [0.15, 0.2) is 5.76 Å². The summed E-state index contributed by atoms with van der Waals surface area (Å²) in [6, 6.07) is 4.07. The van der Waals surface area contributed by atoms with Gasteiger partial charge >= 0.3 is 0 Å². The molecule has 0 aromatic carbocycles. The molecular weight excluding hydrogens is 268 g/mol. The van der Waals surface area contributed by atoms with E-state index in [9.17, 15) is 4.79 Å². The minimum atomic E-state index is 0.0159. The van der Waals surface area contributed by atoms with Crippen molar-refractivity contribution in [3.05, 3.63) is 24.2 Å². The van der Waals surface area contributed by atoms with Crippen molar-refractivity contribution in [1.82, 2.24) is 9.80 Å². The van der Waals surface area contributed by atoms with Gasteiger partial charge in [-0.05, 0) is 38.8 Å². The van der Waals surface area contributed by atoms with Crippen molar-refractivity contribution in [3.63, 3.8) is 0 Å². The molecule has 1 aromatic rings. The second-order valence-corrected chi connectivity index (χ2v) is 6.21. The van der Waals surface area contributed by atoms with Crippen LogP contribution in [0.5, 0.6) is 0 Å². The van der Waals surface area contributed by atoms with E-state index in [2.05, 4.69) is 18.7 Å². The van der Waals surface area contributed by atoms with Crippen LogP contribution in [0.3, 0.4) is 0 Å². The molecule has 5 heteroatoms. The summed E-state index contributed by atoms with van der Waals surface area (Å²) < 4.78 is 11.0. The first kappa shape index (κ1) is 14.6. The summed E-state index contributed by atoms with van der Waals surface area (Å²) in [5, 5.41) is 0. The predicted molar refractivity (Wildman–Crippen MR) is 79.2 cm³/mol. The average molecular weight is 292 g/mol. The standard InChI is InChI=1S/C16H24N2O3/c1-12-10-18(11-13(2)21-12)14-5-7-17(8-6-14)16(19)15-4-3-9-20-15/h3-4,9,12-14H,5-8,10-11H2,1-2H3/t12-,13+. The molecule has 5 nitrogen and oxygen atoms in total. The largest absolute Gasteiger partial charge is 0.459 e. The van der Waals surface area contributed by atoms with Crippen molar-refractivity contribution in [3.8, 4) is 0 Å². The van der Waals surface area contributed by atoms with Gasteiger partial charge in [0.05, 0.1) is 18.5 Å². The van der Waals surface area contributed by atoms with Crippen LogP contribution in [0, 0.1) is 0 Å². The highest BCUT2D eigenvalue weighted by Crippen LogP contribution is 2.22. The lowest BCUT2D eigenvalue weighted by Crippen LogP contribution is -2.53. The van der Waals surface area contributed by atoms with E-state index >= 15 is 0 Å². The smallest absolute Gasteiger partial charge is 0.289 e. The molecular formula is C16H24N2O3. The van der Waals surface area contributed by atoms with Gasteiger partial charge in [0, 0.05) is 32.2 Å². The Morgan fingerprint density at radius 1 is 1.19 bits per heavy atom. The molecule has 2 aliphatic heterocycles. The predicted octanol–water partition coefficient (Wildman–Crippen LogP) is 1.99. The molecule has 0 unspecified atom stereocenters. The van der Waals surface area contributed by atoms with E-state index in [1.165, 1.54) is 0 Å². The van der Waals surface area contributed by atoms with Crippen molar-refractivity contribution in [2.75, 3.05) is 26.2 Å². The molecule has 0 radical (unpaired) electrons. The molecule has 3 rings (SSSR count). The fraction of sp³-hybridized carbons (Fsp3) is 0.688. The average Bonchev–Trinajstić information content (AvgIpc) is 3.00. The van der Waals surface area contributed by atoms with E-state index in [1.54, 1.807) is 18.4 Å². The zero-order valence-electron chi connectivity index (χ0n) is 12.8. The van der Waals surface area contributed by atoms with Crippen LogP contribution in [0.25, 0.3) is 0 Å². The molecule has 2 atom stereocenters. The summed E-state index contributed by atoms with van der Waals surface area (Å²) in [6.07, 6.45) is 4.22. The van der Waals surface area contributed by atoms with Gasteiger partial charge in [-0.2, -0.15) is 0 Å². The normalized spacial score (nSPS) is 28.8. The highest BCUT2D eigenvalue weighted by Gasteiger charge is 2.32. The van der Waals surface area contributed by atoms with Crippen LogP contribution in [0.1, 0.15) is 37.2 Å². The van der Waals surface area contributed by atoms with Gasteiger partial charge in [0.2, 0.25) is 0 Å². The van der Waals surface area contributed by atoms with Gasteiger partial charge in [-0.3, -0.25) is 9.69 Å². The van der Waals surface area contributed by atoms with E-state index in [-0.39, 0.29) is 5.91 Å². The fourth-order valence-electron chi connectivity index (χ4n) is 3.51. The Labute approximate surface area is 125 Å². The van der Waals surface area contributed by atoms with Crippen molar-refractivity contribution in [2.24, 2.45) is 0 Å². The van der Waals surface area contributed by atoms with Gasteiger partial charge in [0.1, 0.15) is 0 Å². The van der Waals surface area contributed by atoms with E-state index < -0.39 is 0 Å². The quantitative estimate of drug-likeness (QED) is 0.836. The summed E-state index contributed by atoms with van der Waals surface area (Å²) in [4.78, 5) is 16.7. The number of amides is 1. The third kappa shape index (κ3) is 3.30. The van der Waals surface area contributed by atoms with Gasteiger partial charge in [-0.15, -0.1) is 0 Å². The zero-order valence-corrected chi connectivity index (χ0v) is 12.8. The Hall–Kier alpha value is -1.33. The lowest BCUT2D eigenvalue weighted by atomic mass is 10.0. The maximum atomic E-state index is 12.2. The van der Waals surface area contributed by atoms with Gasteiger partial charge in [-0.25, -0.2) is 0 Å². The molecule has 1 aromatic heterocycles. The molecule has 21 heavy (non-hydrogen) atoms. The first-order valence-corrected chi connectivity index (χ1v) is 7.86. The zero-order chi connectivity index (χ0) is 14.8. The SMILES string of the molecule is C[C@@H]1CN(C2CCN(C(=O)c3ccco3)CC2)C[C@H](C)O1. The number of piperidine rings is 1. The maximum absolute atomic E-state index is 12.2. The van der Waals surface area contributed by atoms with Crippen molar-refractivity contribution >= 4 is 5.91 Å². The number of furan rings is 1. The lowest BCUT2D eigenvalue weighted by Gasteiger charge is -2.43. The second kappa shape index (κ2) is 6.20. The van der Waals surface area contributed by atoms with Crippen molar-refractivity contribution in [2.45, 2.75) is 44.9 Å². The van der Waals surface area contributed by atoms with Crippen LogP contribution in [-0.4, -0.2) is 60.1 Å². The van der Waals surface area contributed by atoms with E-state index in [4.69, 9.17) is 9.15 Å². The molecule has 1 amide bonds. The summed E-state index contributed by atoms with van der Waals surface area (Å²) >= 11 is 0. The molecule has 0 saturated carbocycles. The summed E-state index contributed by atoms with van der Waals surface area (Å²) in [5.41, 5.74) is 0. The first-order valence-electron chi connectivity index (χ1n) is 7.86. The van der Waals surface area contributed by atoms with Crippen molar-refractivity contribution in [1.29, 1.82) is 0 Å². The number of rotatable bonds is 2. The minimum absolute atomic E-state index is 0.0159. The molecule has 0 spiro atoms. The lowest BCUT2D eigenvalue weighted by molar-refractivity contribution is -0.0856. The molecule has 2 fully saturated rings. The van der Waals surface area contributed by atoms with Crippen LogP contribution >= 0.6 is 0 Å². The molecule has 3 heterocycles. The Kier molecular flexibility index (Phi) is 4.31. The van der Waals surface area contributed by atoms with Crippen LogP contribution in [-0.2, 0) is 4.74 Å². The third-order valence-corrected chi connectivity index (χ3v) is 4.45. The summed E-state index contributed by atoms with van der Waals surface area (Å²) in [5.74, 6) is 0.462. The monoisotopic (exact) mass is 292 g/mol. The van der Waals surface area contributed by atoms with Crippen LogP contribution in [0.4, 0.5) is 0 Å². The van der Waals surface area contributed by atoms with Gasteiger partial charge in [0.25, 0.3) is 5.91 Å². The number of morpholine rings is 1. The van der Waals surface area contributed by atoms with Gasteiger partial charge in [-0.1, -0.05) is 0 Å². The molecule has 0 aliphatic carbocycles. The Morgan fingerprint density at radius 3 is 2.43 bits per heavy atom. The van der Waals surface area contributed by atoms with Crippen LogP contribution < -0.4 is 0 Å². The van der Waals surface area contributed by atoms with Gasteiger partial charge < -0.3 is 14.1 Å². The third-order valence-electron chi connectivity index (χ3n) is 4.45. The van der Waals surface area contributed by atoms with E-state index in [0.29, 0.717) is 24.0 Å². The minimum Gasteiger partial charge on any atom is -0.459 e. The maximum Gasteiger partial charge on any atom is 0.289 e. The number of likely N-dealkylation sites (tertiary alicyclic amines) is 1. The molecule has 0 N–H and O–H groups in total. The van der Waals surface area contributed by atoms with Crippen molar-refractivity contribution < 1.29 is 13.9 Å². The molecule has 116 valence electrons. The molecule has 2 saturated heterocycles. The summed E-state index contributed by atoms with van der Waals surface area (Å²) in [7, 11) is 0. The Morgan fingerprint density at radius 2 is 1.86 bits per heavy atom. The Balaban J connectivity index is 1.54. The van der Waals surface area contributed by atoms with Crippen LogP contribution in [0.2, 0.25) is 0 Å². The second-order valence-electron chi connectivity index (χ2n) is 6.21. The number of carbonyl (C=O) groups is 1. The van der Waals surface area contributed by atoms with E-state index in [1.807, 2.05) is 4.90 Å². The van der Waals surface area contributed by atoms with E-state index in [0.717, 1.165) is 39.0 Å². The number of nitrogens with zero attached hydrogens (tertiary/aromatic N) is 2. The highest BCUT2D eigenvalue weighted by molar-refractivity contribution is 5.91. The Bertz CT molecular complexity index is 456. The fourth-order valence-corrected chi connectivity index (χ4v) is 3.51. The topological polar surface area (TPSA) is 45.9 Å². The molecule has 0 bridgehead atoms. The highest BCUT2D eigenvalue weighted by atomic mass is 16.5. The number of hydrogen-bond acceptors (Lipinski definition) is 4. The first-order chi connectivity index (χ1) is 10.1. The number of carbonyl (C=O) groups excluding carboxylic acids is 1. The number of ether oxygens (including phenoxy) is 1. The summed E-state index contributed by atoms with van der Waals surface area (Å²) in [6.45, 7) is 7.90. The molecule has 2 aliphatic rings.